The highest BCUT2D eigenvalue weighted by molar-refractivity contribution is 6.31. The van der Waals surface area contributed by atoms with E-state index in [9.17, 15) is 4.79 Å². The molecule has 4 heteroatoms. The summed E-state index contributed by atoms with van der Waals surface area (Å²) in [4.78, 5) is 14.9. The maximum Gasteiger partial charge on any atom is 0.223 e. The highest BCUT2D eigenvalue weighted by atomic mass is 35.5. The van der Waals surface area contributed by atoms with Gasteiger partial charge in [-0.3, -0.25) is 4.79 Å². The first-order valence-corrected chi connectivity index (χ1v) is 8.84. The van der Waals surface area contributed by atoms with E-state index in [1.807, 2.05) is 24.3 Å². The fourth-order valence-corrected chi connectivity index (χ4v) is 3.81. The van der Waals surface area contributed by atoms with Crippen LogP contribution in [0.1, 0.15) is 44.1 Å². The summed E-state index contributed by atoms with van der Waals surface area (Å²) in [6.45, 7) is 5.61. The molecule has 1 saturated heterocycles. The number of hydrogen-bond acceptors (Lipinski definition) is 2. The van der Waals surface area contributed by atoms with Crippen LogP contribution in [-0.4, -0.2) is 36.5 Å². The predicted molar refractivity (Wildman–Crippen MR) is 90.2 cm³/mol. The van der Waals surface area contributed by atoms with E-state index < -0.39 is 0 Å². The summed E-state index contributed by atoms with van der Waals surface area (Å²) < 4.78 is 0. The molecule has 3 rings (SSSR count). The van der Waals surface area contributed by atoms with Crippen LogP contribution in [0.4, 0.5) is 0 Å². The molecular formula is C18H25ClN2O. The molecule has 1 aromatic rings. The van der Waals surface area contributed by atoms with Gasteiger partial charge in [0.05, 0.1) is 0 Å². The van der Waals surface area contributed by atoms with Crippen molar-refractivity contribution < 1.29 is 4.79 Å². The van der Waals surface area contributed by atoms with Crippen molar-refractivity contribution in [2.24, 2.45) is 5.92 Å². The molecule has 2 atom stereocenters. The molecule has 1 aliphatic heterocycles. The first kappa shape index (κ1) is 15.8. The van der Waals surface area contributed by atoms with Crippen molar-refractivity contribution in [1.29, 1.82) is 0 Å². The van der Waals surface area contributed by atoms with Crippen LogP contribution >= 0.6 is 11.6 Å². The van der Waals surface area contributed by atoms with Crippen molar-refractivity contribution in [1.82, 2.24) is 10.2 Å². The molecular weight excluding hydrogens is 296 g/mol. The molecule has 1 aromatic carbocycles. The van der Waals surface area contributed by atoms with Gasteiger partial charge in [-0.25, -0.2) is 0 Å². The van der Waals surface area contributed by atoms with Crippen LogP contribution < -0.4 is 5.32 Å². The lowest BCUT2D eigenvalue weighted by Gasteiger charge is -2.32. The molecule has 0 aromatic heterocycles. The van der Waals surface area contributed by atoms with E-state index >= 15 is 0 Å². The molecule has 2 fully saturated rings. The molecule has 0 spiro atoms. The van der Waals surface area contributed by atoms with Gasteiger partial charge in [-0.2, -0.15) is 0 Å². The largest absolute Gasteiger partial charge is 0.353 e. The first-order chi connectivity index (χ1) is 10.7. The lowest BCUT2D eigenvalue weighted by Crippen LogP contribution is -2.45. The summed E-state index contributed by atoms with van der Waals surface area (Å²) in [5.41, 5.74) is 1.13. The molecule has 22 heavy (non-hydrogen) atoms. The number of rotatable bonds is 5. The number of carbonyl (C=O) groups excluding carboxylic acids is 1. The van der Waals surface area contributed by atoms with Gasteiger partial charge in [0.15, 0.2) is 0 Å². The number of amides is 1. The highest BCUT2D eigenvalue weighted by Gasteiger charge is 2.45. The topological polar surface area (TPSA) is 32.3 Å². The molecule has 1 heterocycles. The maximum absolute atomic E-state index is 12.4. The van der Waals surface area contributed by atoms with Gasteiger partial charge >= 0.3 is 0 Å². The Balaban J connectivity index is 1.47. The summed E-state index contributed by atoms with van der Waals surface area (Å²) in [5, 5.41) is 4.04. The predicted octanol–water partition coefficient (Wildman–Crippen LogP) is 3.43. The van der Waals surface area contributed by atoms with Crippen LogP contribution in [0.2, 0.25) is 5.02 Å². The molecule has 0 radical (unpaired) electrons. The van der Waals surface area contributed by atoms with Crippen molar-refractivity contribution in [3.8, 4) is 0 Å². The Kier molecular flexibility index (Phi) is 5.04. The second-order valence-electron chi connectivity index (χ2n) is 6.59. The van der Waals surface area contributed by atoms with Gasteiger partial charge in [-0.1, -0.05) is 36.7 Å². The van der Waals surface area contributed by atoms with E-state index in [0.29, 0.717) is 12.0 Å². The van der Waals surface area contributed by atoms with Crippen molar-refractivity contribution in [3.63, 3.8) is 0 Å². The zero-order valence-electron chi connectivity index (χ0n) is 13.2. The molecule has 2 aliphatic rings. The lowest BCUT2D eigenvalue weighted by atomic mass is 10.0. The van der Waals surface area contributed by atoms with E-state index in [0.717, 1.165) is 42.9 Å². The smallest absolute Gasteiger partial charge is 0.223 e. The number of likely N-dealkylation sites (tertiary alicyclic amines) is 1. The molecule has 1 N–H and O–H groups in total. The van der Waals surface area contributed by atoms with Crippen LogP contribution in [0, 0.1) is 5.92 Å². The van der Waals surface area contributed by atoms with E-state index in [2.05, 4.69) is 17.1 Å². The van der Waals surface area contributed by atoms with E-state index in [4.69, 9.17) is 11.6 Å². The van der Waals surface area contributed by atoms with Gasteiger partial charge in [0.2, 0.25) is 5.91 Å². The normalized spacial score (nSPS) is 25.9. The molecule has 2 unspecified atom stereocenters. The minimum absolute atomic E-state index is 0.119. The highest BCUT2D eigenvalue weighted by Crippen LogP contribution is 2.49. The summed E-state index contributed by atoms with van der Waals surface area (Å²) in [6, 6.07) is 8.25. The number of nitrogens with one attached hydrogen (secondary N) is 1. The summed E-state index contributed by atoms with van der Waals surface area (Å²) >= 11 is 6.23. The quantitative estimate of drug-likeness (QED) is 0.901. The van der Waals surface area contributed by atoms with Gasteiger partial charge < -0.3 is 10.2 Å². The standard InChI is InChI=1S/C18H25ClN2O/c1-2-9-21-10-7-13(8-11-21)20-18(22)16-12-15(16)14-5-3-4-6-17(14)19/h3-6,13,15-16H,2,7-12H2,1H3,(H,20,22). The van der Waals surface area contributed by atoms with Crippen LogP contribution in [0.5, 0.6) is 0 Å². The van der Waals surface area contributed by atoms with Crippen LogP contribution in [0.3, 0.4) is 0 Å². The van der Waals surface area contributed by atoms with Crippen molar-refractivity contribution in [2.45, 2.75) is 44.6 Å². The van der Waals surface area contributed by atoms with Gasteiger partial charge in [0.1, 0.15) is 0 Å². The lowest BCUT2D eigenvalue weighted by molar-refractivity contribution is -0.123. The monoisotopic (exact) mass is 320 g/mol. The molecule has 0 bridgehead atoms. The van der Waals surface area contributed by atoms with Gasteiger partial charge in [0, 0.05) is 30.1 Å². The molecule has 1 amide bonds. The van der Waals surface area contributed by atoms with Gasteiger partial charge in [-0.05, 0) is 49.8 Å². The Morgan fingerprint density at radius 2 is 2.05 bits per heavy atom. The molecule has 3 nitrogen and oxygen atoms in total. The minimum Gasteiger partial charge on any atom is -0.353 e. The van der Waals surface area contributed by atoms with Crippen LogP contribution in [0.15, 0.2) is 24.3 Å². The summed E-state index contributed by atoms with van der Waals surface area (Å²) in [5.74, 6) is 0.654. The average molecular weight is 321 g/mol. The van der Waals surface area contributed by atoms with E-state index in [1.165, 1.54) is 13.0 Å². The fourth-order valence-electron chi connectivity index (χ4n) is 3.53. The van der Waals surface area contributed by atoms with Crippen LogP contribution in [0.25, 0.3) is 0 Å². The second kappa shape index (κ2) is 7.01. The zero-order chi connectivity index (χ0) is 15.5. The Morgan fingerprint density at radius 3 is 2.73 bits per heavy atom. The van der Waals surface area contributed by atoms with Crippen molar-refractivity contribution in [2.75, 3.05) is 19.6 Å². The Labute approximate surface area is 138 Å². The second-order valence-corrected chi connectivity index (χ2v) is 7.00. The molecule has 1 saturated carbocycles. The number of benzene rings is 1. The van der Waals surface area contributed by atoms with E-state index in [-0.39, 0.29) is 11.8 Å². The number of hydrogen-bond donors (Lipinski definition) is 1. The molecule has 1 aliphatic carbocycles. The zero-order valence-corrected chi connectivity index (χ0v) is 14.0. The minimum atomic E-state index is 0.119. The average Bonchev–Trinajstić information content (AvgIpc) is 3.30. The van der Waals surface area contributed by atoms with Crippen molar-refractivity contribution >= 4 is 17.5 Å². The van der Waals surface area contributed by atoms with Gasteiger partial charge in [-0.15, -0.1) is 0 Å². The number of carbonyl (C=O) groups is 1. The Hall–Kier alpha value is -1.06. The first-order valence-electron chi connectivity index (χ1n) is 8.46. The third-order valence-electron chi connectivity index (χ3n) is 4.91. The number of nitrogens with zero attached hydrogens (tertiary/aromatic N) is 1. The maximum atomic E-state index is 12.4. The van der Waals surface area contributed by atoms with Crippen LogP contribution in [-0.2, 0) is 4.79 Å². The SMILES string of the molecule is CCCN1CCC(NC(=O)C2CC2c2ccccc2Cl)CC1. The Bertz CT molecular complexity index is 526. The third-order valence-corrected chi connectivity index (χ3v) is 5.25. The van der Waals surface area contributed by atoms with E-state index in [1.54, 1.807) is 0 Å². The third kappa shape index (κ3) is 3.64. The number of piperidine rings is 1. The van der Waals surface area contributed by atoms with Crippen molar-refractivity contribution in [3.05, 3.63) is 34.9 Å². The summed E-state index contributed by atoms with van der Waals surface area (Å²) in [6.07, 6.45) is 4.30. The number of halogens is 1. The van der Waals surface area contributed by atoms with Gasteiger partial charge in [0.25, 0.3) is 0 Å². The fraction of sp³-hybridized carbons (Fsp3) is 0.611. The molecule has 120 valence electrons. The Morgan fingerprint density at radius 1 is 1.32 bits per heavy atom. The summed E-state index contributed by atoms with van der Waals surface area (Å²) in [7, 11) is 0.